The molecule has 2 aromatic rings. The first kappa shape index (κ1) is 12.5. The maximum Gasteiger partial charge on any atom is 0.149 e. The van der Waals surface area contributed by atoms with Crippen molar-refractivity contribution in [3.8, 4) is 11.1 Å². The summed E-state index contributed by atoms with van der Waals surface area (Å²) in [6.07, 6.45) is 3.37. The van der Waals surface area contributed by atoms with Crippen LogP contribution in [-0.2, 0) is 7.05 Å². The molecule has 0 atom stereocenters. The van der Waals surface area contributed by atoms with E-state index in [9.17, 15) is 4.39 Å². The lowest BCUT2D eigenvalue weighted by molar-refractivity contribution is 0.408. The van der Waals surface area contributed by atoms with Gasteiger partial charge in [-0.05, 0) is 18.9 Å². The van der Waals surface area contributed by atoms with Gasteiger partial charge in [0.15, 0.2) is 0 Å². The molecule has 0 saturated heterocycles. The van der Waals surface area contributed by atoms with Crippen molar-refractivity contribution in [1.29, 1.82) is 0 Å². The Balaban J connectivity index is 2.20. The molecule has 1 fully saturated rings. The molecule has 0 unspecified atom stereocenters. The van der Waals surface area contributed by atoms with E-state index in [1.165, 1.54) is 12.5 Å². The second-order valence-electron chi connectivity index (χ2n) is 5.00. The number of aromatic nitrogens is 2. The van der Waals surface area contributed by atoms with E-state index in [0.29, 0.717) is 22.9 Å². The minimum Gasteiger partial charge on any atom is -0.383 e. The number of hydrogen-bond acceptors (Lipinski definition) is 2. The van der Waals surface area contributed by atoms with Crippen LogP contribution < -0.4 is 5.73 Å². The van der Waals surface area contributed by atoms with Crippen molar-refractivity contribution in [3.63, 3.8) is 0 Å². The number of nitrogens with zero attached hydrogens (tertiary/aromatic N) is 2. The summed E-state index contributed by atoms with van der Waals surface area (Å²) in [7, 11) is 1.78. The summed E-state index contributed by atoms with van der Waals surface area (Å²) in [5, 5.41) is 4.57. The molecule has 1 saturated carbocycles. The van der Waals surface area contributed by atoms with Crippen LogP contribution in [-0.4, -0.2) is 9.78 Å². The Hall–Kier alpha value is -1.55. The van der Waals surface area contributed by atoms with E-state index in [-0.39, 0.29) is 5.02 Å². The zero-order chi connectivity index (χ0) is 13.6. The van der Waals surface area contributed by atoms with Gasteiger partial charge < -0.3 is 5.73 Å². The quantitative estimate of drug-likeness (QED) is 0.910. The molecule has 0 amide bonds. The van der Waals surface area contributed by atoms with Crippen LogP contribution >= 0.6 is 11.6 Å². The molecule has 0 aliphatic heterocycles. The molecule has 1 aromatic carbocycles. The number of benzene rings is 1. The van der Waals surface area contributed by atoms with Gasteiger partial charge in [0.1, 0.15) is 11.6 Å². The van der Waals surface area contributed by atoms with Crippen LogP contribution in [0, 0.1) is 5.82 Å². The molecule has 5 heteroatoms. The van der Waals surface area contributed by atoms with Crippen LogP contribution in [0.2, 0.25) is 5.02 Å². The van der Waals surface area contributed by atoms with Crippen molar-refractivity contribution in [2.75, 3.05) is 5.73 Å². The minimum atomic E-state index is -0.426. The normalized spacial score (nSPS) is 15.5. The number of rotatable bonds is 2. The maximum absolute atomic E-state index is 14.2. The SMILES string of the molecule is Cn1nc(C2CCC2)c(-c2cccc(Cl)c2F)c1N. The molecule has 1 aliphatic carbocycles. The highest BCUT2D eigenvalue weighted by Gasteiger charge is 2.29. The third-order valence-electron chi connectivity index (χ3n) is 3.83. The third-order valence-corrected chi connectivity index (χ3v) is 4.12. The number of aryl methyl sites for hydroxylation is 1. The van der Waals surface area contributed by atoms with Crippen molar-refractivity contribution >= 4 is 17.4 Å². The molecular formula is C14H15ClFN3. The summed E-state index contributed by atoms with van der Waals surface area (Å²) in [6.45, 7) is 0. The molecule has 0 spiro atoms. The van der Waals surface area contributed by atoms with Gasteiger partial charge in [-0.25, -0.2) is 4.39 Å². The molecule has 1 aromatic heterocycles. The molecule has 3 rings (SSSR count). The Morgan fingerprint density at radius 2 is 2.16 bits per heavy atom. The highest BCUT2D eigenvalue weighted by atomic mass is 35.5. The highest BCUT2D eigenvalue weighted by Crippen LogP contribution is 2.43. The van der Waals surface area contributed by atoms with Gasteiger partial charge in [0.25, 0.3) is 0 Å². The van der Waals surface area contributed by atoms with Gasteiger partial charge >= 0.3 is 0 Å². The van der Waals surface area contributed by atoms with Crippen molar-refractivity contribution in [2.24, 2.45) is 7.05 Å². The van der Waals surface area contributed by atoms with Gasteiger partial charge in [-0.15, -0.1) is 0 Å². The first-order valence-corrected chi connectivity index (χ1v) is 6.74. The molecule has 2 N–H and O–H groups in total. The molecule has 0 radical (unpaired) electrons. The minimum absolute atomic E-state index is 0.111. The molecule has 1 aliphatic rings. The fourth-order valence-corrected chi connectivity index (χ4v) is 2.67. The van der Waals surface area contributed by atoms with Gasteiger partial charge in [0, 0.05) is 18.5 Å². The largest absolute Gasteiger partial charge is 0.383 e. The topological polar surface area (TPSA) is 43.8 Å². The third kappa shape index (κ3) is 1.91. The zero-order valence-corrected chi connectivity index (χ0v) is 11.4. The zero-order valence-electron chi connectivity index (χ0n) is 10.7. The molecule has 1 heterocycles. The van der Waals surface area contributed by atoms with Gasteiger partial charge in [-0.2, -0.15) is 5.10 Å². The lowest BCUT2D eigenvalue weighted by atomic mass is 9.80. The first-order valence-electron chi connectivity index (χ1n) is 6.36. The van der Waals surface area contributed by atoms with Crippen molar-refractivity contribution in [1.82, 2.24) is 9.78 Å². The van der Waals surface area contributed by atoms with E-state index in [4.69, 9.17) is 17.3 Å². The first-order chi connectivity index (χ1) is 9.09. The van der Waals surface area contributed by atoms with Crippen LogP contribution in [0.3, 0.4) is 0 Å². The molecule has 0 bridgehead atoms. The van der Waals surface area contributed by atoms with E-state index in [1.807, 2.05) is 0 Å². The van der Waals surface area contributed by atoms with Gasteiger partial charge in [0.2, 0.25) is 0 Å². The van der Waals surface area contributed by atoms with Crippen molar-refractivity contribution in [3.05, 3.63) is 34.7 Å². The van der Waals surface area contributed by atoms with Crippen LogP contribution in [0.15, 0.2) is 18.2 Å². The number of anilines is 1. The Kier molecular flexibility index (Phi) is 2.97. The van der Waals surface area contributed by atoms with Gasteiger partial charge in [-0.3, -0.25) is 4.68 Å². The van der Waals surface area contributed by atoms with Crippen LogP contribution in [0.5, 0.6) is 0 Å². The fourth-order valence-electron chi connectivity index (χ4n) is 2.50. The standard InChI is InChI=1S/C14H15ClFN3/c1-19-14(17)11(13(18-19)8-4-2-5-8)9-6-3-7-10(15)12(9)16/h3,6-8H,2,4-5,17H2,1H3. The molecule has 19 heavy (non-hydrogen) atoms. The fraction of sp³-hybridized carbons (Fsp3) is 0.357. The van der Waals surface area contributed by atoms with Gasteiger partial charge in [-0.1, -0.05) is 30.2 Å². The van der Waals surface area contributed by atoms with E-state index in [2.05, 4.69) is 5.10 Å². The van der Waals surface area contributed by atoms with E-state index >= 15 is 0 Å². The lowest BCUT2D eigenvalue weighted by Crippen LogP contribution is -2.11. The average molecular weight is 280 g/mol. The van der Waals surface area contributed by atoms with Crippen molar-refractivity contribution in [2.45, 2.75) is 25.2 Å². The highest BCUT2D eigenvalue weighted by molar-refractivity contribution is 6.31. The molecule has 3 nitrogen and oxygen atoms in total. The predicted octanol–water partition coefficient (Wildman–Crippen LogP) is 3.73. The second-order valence-corrected chi connectivity index (χ2v) is 5.41. The number of halogens is 2. The second kappa shape index (κ2) is 4.53. The predicted molar refractivity (Wildman–Crippen MR) is 74.6 cm³/mol. The van der Waals surface area contributed by atoms with Crippen molar-refractivity contribution < 1.29 is 4.39 Å². The summed E-state index contributed by atoms with van der Waals surface area (Å²) in [4.78, 5) is 0. The monoisotopic (exact) mass is 279 g/mol. The molecular weight excluding hydrogens is 265 g/mol. The summed E-state index contributed by atoms with van der Waals surface area (Å²) in [5.41, 5.74) is 8.10. The van der Waals surface area contributed by atoms with E-state index < -0.39 is 5.82 Å². The lowest BCUT2D eigenvalue weighted by Gasteiger charge is -2.24. The Morgan fingerprint density at radius 3 is 2.79 bits per heavy atom. The number of hydrogen-bond donors (Lipinski definition) is 1. The molecule has 100 valence electrons. The Morgan fingerprint density at radius 1 is 1.42 bits per heavy atom. The summed E-state index contributed by atoms with van der Waals surface area (Å²) < 4.78 is 15.8. The van der Waals surface area contributed by atoms with E-state index in [0.717, 1.165) is 18.5 Å². The van der Waals surface area contributed by atoms with E-state index in [1.54, 1.807) is 23.9 Å². The van der Waals surface area contributed by atoms with Crippen LogP contribution in [0.1, 0.15) is 30.9 Å². The maximum atomic E-state index is 14.2. The summed E-state index contributed by atoms with van der Waals surface area (Å²) >= 11 is 5.86. The number of nitrogen functional groups attached to an aromatic ring is 1. The van der Waals surface area contributed by atoms with Crippen LogP contribution in [0.4, 0.5) is 10.2 Å². The van der Waals surface area contributed by atoms with Gasteiger partial charge in [0.05, 0.1) is 16.3 Å². The Labute approximate surface area is 116 Å². The smallest absolute Gasteiger partial charge is 0.149 e. The average Bonchev–Trinajstić information content (AvgIpc) is 2.58. The van der Waals surface area contributed by atoms with Crippen LogP contribution in [0.25, 0.3) is 11.1 Å². The summed E-state index contributed by atoms with van der Waals surface area (Å²) in [5.74, 6) is 0.449. The Bertz CT molecular complexity index is 632. The summed E-state index contributed by atoms with van der Waals surface area (Å²) in [6, 6.07) is 4.98. The number of nitrogens with two attached hydrogens (primary N) is 1.